The summed E-state index contributed by atoms with van der Waals surface area (Å²) in [6.07, 6.45) is 2.54. The number of hydrogen-bond acceptors (Lipinski definition) is 6. The predicted molar refractivity (Wildman–Crippen MR) is 140 cm³/mol. The highest BCUT2D eigenvalue weighted by molar-refractivity contribution is 7.89. The topological polar surface area (TPSA) is 109 Å². The molecule has 10 heteroatoms. The van der Waals surface area contributed by atoms with Crippen molar-refractivity contribution in [2.24, 2.45) is 0 Å². The van der Waals surface area contributed by atoms with E-state index in [9.17, 15) is 13.2 Å². The monoisotopic (exact) mass is 504 g/mol. The summed E-state index contributed by atoms with van der Waals surface area (Å²) in [7, 11) is -3.68. The zero-order valence-corrected chi connectivity index (χ0v) is 21.4. The summed E-state index contributed by atoms with van der Waals surface area (Å²) in [5, 5.41) is 7.88. The third kappa shape index (κ3) is 4.69. The number of nitrogens with one attached hydrogen (secondary N) is 2. The molecular weight excluding hydrogens is 476 g/mol. The fourth-order valence-electron chi connectivity index (χ4n) is 4.38. The van der Waals surface area contributed by atoms with Crippen molar-refractivity contribution in [3.63, 3.8) is 0 Å². The zero-order chi connectivity index (χ0) is 25.7. The number of carbonyl (C=O) groups is 1. The maximum absolute atomic E-state index is 12.9. The first-order chi connectivity index (χ1) is 17.0. The van der Waals surface area contributed by atoms with Gasteiger partial charge in [0.2, 0.25) is 21.9 Å². The van der Waals surface area contributed by atoms with Gasteiger partial charge in [0.15, 0.2) is 0 Å². The number of anilines is 3. The van der Waals surface area contributed by atoms with Gasteiger partial charge in [-0.2, -0.15) is 0 Å². The number of hydrogen-bond donors (Lipinski definition) is 2. The van der Waals surface area contributed by atoms with Crippen LogP contribution < -0.4 is 14.9 Å². The first-order valence-corrected chi connectivity index (χ1v) is 13.2. The highest BCUT2D eigenvalue weighted by Gasteiger charge is 2.24. The van der Waals surface area contributed by atoms with Crippen molar-refractivity contribution in [2.75, 3.05) is 16.8 Å². The lowest BCUT2D eigenvalue weighted by atomic mass is 10.1. The fourth-order valence-corrected chi connectivity index (χ4v) is 5.84. The Balaban J connectivity index is 1.47. The van der Waals surface area contributed by atoms with Crippen LogP contribution in [-0.4, -0.2) is 41.0 Å². The van der Waals surface area contributed by atoms with E-state index in [1.165, 1.54) is 0 Å². The summed E-state index contributed by atoms with van der Waals surface area (Å²) < 4.78 is 30.1. The lowest BCUT2D eigenvalue weighted by Crippen LogP contribution is -2.40. The molecule has 0 bridgehead atoms. The molecule has 0 radical (unpaired) electrons. The second-order valence-corrected chi connectivity index (χ2v) is 11.6. The Bertz CT molecular complexity index is 1590. The van der Waals surface area contributed by atoms with Crippen molar-refractivity contribution in [1.29, 1.82) is 0 Å². The molecule has 0 saturated heterocycles. The van der Waals surface area contributed by atoms with Gasteiger partial charge in [0.25, 0.3) is 0 Å². The smallest absolute Gasteiger partial charge is 0.245 e. The van der Waals surface area contributed by atoms with Gasteiger partial charge >= 0.3 is 0 Å². The minimum Gasteiger partial charge on any atom is -0.323 e. The van der Waals surface area contributed by atoms with Crippen LogP contribution in [0.4, 0.5) is 17.3 Å². The van der Waals surface area contributed by atoms with Crippen molar-refractivity contribution in [3.05, 3.63) is 66.4 Å². The van der Waals surface area contributed by atoms with Gasteiger partial charge in [0.1, 0.15) is 0 Å². The van der Waals surface area contributed by atoms with Crippen molar-refractivity contribution >= 4 is 38.8 Å². The molecule has 5 rings (SSSR count). The van der Waals surface area contributed by atoms with Crippen LogP contribution in [0.2, 0.25) is 0 Å². The summed E-state index contributed by atoms with van der Waals surface area (Å²) in [4.78, 5) is 18.3. The second-order valence-electron chi connectivity index (χ2n) is 9.91. The molecule has 2 N–H and O–H groups in total. The number of rotatable bonds is 5. The van der Waals surface area contributed by atoms with Crippen LogP contribution in [0.1, 0.15) is 33.3 Å². The van der Waals surface area contributed by atoms with Crippen molar-refractivity contribution in [3.8, 4) is 11.3 Å². The standard InChI is InChI=1S/C26H28N6O3S/c1-17(33)31-13-12-18-8-9-20(15-24(18)31)28-25-27-16-21-10-11-23(32(21)29-25)19-6-5-7-22(14-19)36(34,35)30-26(2,3)4/h5-11,14-16,30H,12-13H2,1-4H3,(H,28,29). The van der Waals surface area contributed by atoms with Gasteiger partial charge in [-0.25, -0.2) is 22.6 Å². The van der Waals surface area contributed by atoms with Crippen LogP contribution in [0.5, 0.6) is 0 Å². The Labute approximate surface area is 210 Å². The highest BCUT2D eigenvalue weighted by Crippen LogP contribution is 2.32. The van der Waals surface area contributed by atoms with Crippen LogP contribution in [-0.2, 0) is 21.2 Å². The van der Waals surface area contributed by atoms with E-state index in [1.54, 1.807) is 61.5 Å². The van der Waals surface area contributed by atoms with E-state index < -0.39 is 15.6 Å². The Morgan fingerprint density at radius 1 is 1.06 bits per heavy atom. The van der Waals surface area contributed by atoms with Crippen LogP contribution >= 0.6 is 0 Å². The molecule has 0 fully saturated rings. The minimum absolute atomic E-state index is 0.0162. The quantitative estimate of drug-likeness (QED) is 0.423. The predicted octanol–water partition coefficient (Wildman–Crippen LogP) is 4.13. The Morgan fingerprint density at radius 3 is 2.61 bits per heavy atom. The molecule has 186 valence electrons. The highest BCUT2D eigenvalue weighted by atomic mass is 32.2. The molecular formula is C26H28N6O3S. The summed E-state index contributed by atoms with van der Waals surface area (Å²) in [5.41, 5.74) is 4.44. The molecule has 3 heterocycles. The first-order valence-electron chi connectivity index (χ1n) is 11.7. The van der Waals surface area contributed by atoms with Gasteiger partial charge in [-0.3, -0.25) is 4.79 Å². The maximum Gasteiger partial charge on any atom is 0.245 e. The SMILES string of the molecule is CC(=O)N1CCc2ccc(Nc3ncc4ccc(-c5cccc(S(=O)(=O)NC(C)(C)C)c5)n4n3)cc21. The molecule has 0 saturated carbocycles. The van der Waals surface area contributed by atoms with E-state index in [0.29, 0.717) is 18.1 Å². The van der Waals surface area contributed by atoms with Crippen molar-refractivity contribution in [1.82, 2.24) is 19.3 Å². The summed E-state index contributed by atoms with van der Waals surface area (Å²) in [5.74, 6) is 0.396. The average Bonchev–Trinajstić information content (AvgIpc) is 3.41. The molecule has 36 heavy (non-hydrogen) atoms. The Kier molecular flexibility index (Phi) is 5.80. The molecule has 2 aromatic heterocycles. The average molecular weight is 505 g/mol. The maximum atomic E-state index is 12.9. The summed E-state index contributed by atoms with van der Waals surface area (Å²) in [6.45, 7) is 7.67. The summed E-state index contributed by atoms with van der Waals surface area (Å²) in [6, 6.07) is 16.5. The number of aromatic nitrogens is 3. The van der Waals surface area contributed by atoms with E-state index in [2.05, 4.69) is 20.1 Å². The molecule has 1 aliphatic rings. The number of amides is 1. The zero-order valence-electron chi connectivity index (χ0n) is 20.6. The number of fused-ring (bicyclic) bond motifs is 2. The molecule has 1 aliphatic heterocycles. The molecule has 1 amide bonds. The number of carbonyl (C=O) groups excluding carboxylic acids is 1. The van der Waals surface area contributed by atoms with Gasteiger partial charge < -0.3 is 10.2 Å². The molecule has 4 aromatic rings. The second kappa shape index (κ2) is 8.72. The molecule has 0 unspecified atom stereocenters. The lowest BCUT2D eigenvalue weighted by Gasteiger charge is -2.20. The third-order valence-corrected chi connectivity index (χ3v) is 7.65. The fraction of sp³-hybridized carbons (Fsp3) is 0.269. The Hall–Kier alpha value is -3.76. The van der Waals surface area contributed by atoms with E-state index in [4.69, 9.17) is 0 Å². The number of nitrogens with zero attached hydrogens (tertiary/aromatic N) is 4. The van der Waals surface area contributed by atoms with Crippen LogP contribution in [0.3, 0.4) is 0 Å². The van der Waals surface area contributed by atoms with Crippen LogP contribution in [0, 0.1) is 0 Å². The number of sulfonamides is 1. The van der Waals surface area contributed by atoms with Crippen LogP contribution in [0.15, 0.2) is 65.7 Å². The van der Waals surface area contributed by atoms with Crippen LogP contribution in [0.25, 0.3) is 16.8 Å². The van der Waals surface area contributed by atoms with Gasteiger partial charge in [-0.1, -0.05) is 18.2 Å². The summed E-state index contributed by atoms with van der Waals surface area (Å²) >= 11 is 0. The van der Waals surface area contributed by atoms with Gasteiger partial charge in [-0.05, 0) is 69.2 Å². The van der Waals surface area contributed by atoms with Gasteiger partial charge in [-0.15, -0.1) is 5.10 Å². The largest absolute Gasteiger partial charge is 0.323 e. The van der Waals surface area contributed by atoms with E-state index in [0.717, 1.165) is 34.6 Å². The number of benzene rings is 2. The van der Waals surface area contributed by atoms with E-state index in [1.807, 2.05) is 36.4 Å². The molecule has 0 atom stereocenters. The first kappa shape index (κ1) is 24.0. The molecule has 0 spiro atoms. The third-order valence-electron chi connectivity index (χ3n) is 5.90. The molecule has 9 nitrogen and oxygen atoms in total. The van der Waals surface area contributed by atoms with Gasteiger partial charge in [0, 0.05) is 35.9 Å². The van der Waals surface area contributed by atoms with Crippen molar-refractivity contribution in [2.45, 2.75) is 44.6 Å². The molecule has 2 aromatic carbocycles. The minimum atomic E-state index is -3.68. The lowest BCUT2D eigenvalue weighted by molar-refractivity contribution is -0.116. The Morgan fingerprint density at radius 2 is 1.86 bits per heavy atom. The van der Waals surface area contributed by atoms with E-state index in [-0.39, 0.29) is 10.8 Å². The normalized spacial score (nSPS) is 13.7. The van der Waals surface area contributed by atoms with E-state index >= 15 is 0 Å². The van der Waals surface area contributed by atoms with Crippen molar-refractivity contribution < 1.29 is 13.2 Å². The molecule has 0 aliphatic carbocycles. The van der Waals surface area contributed by atoms with Gasteiger partial charge in [0.05, 0.1) is 22.3 Å².